The van der Waals surface area contributed by atoms with Crippen LogP contribution in [0.15, 0.2) is 0 Å². The molecule has 0 saturated carbocycles. The largest absolute Gasteiger partial charge is 0.481 e. The van der Waals surface area contributed by atoms with E-state index in [0.717, 1.165) is 6.42 Å². The normalized spacial score (nSPS) is 17.1. The number of aliphatic hydroxyl groups excluding tert-OH is 1. The summed E-state index contributed by atoms with van der Waals surface area (Å²) in [7, 11) is 0. The van der Waals surface area contributed by atoms with Crippen LogP contribution in [0.5, 0.6) is 0 Å². The number of aliphatic carboxylic acids is 1. The van der Waals surface area contributed by atoms with Crippen molar-refractivity contribution < 1.29 is 15.0 Å². The summed E-state index contributed by atoms with van der Waals surface area (Å²) >= 11 is 0. The zero-order valence-electron chi connectivity index (χ0n) is 8.16. The number of aliphatic hydroxyl groups is 1. The first-order valence-corrected chi connectivity index (χ1v) is 4.25. The van der Waals surface area contributed by atoms with Crippen LogP contribution in [0, 0.1) is 11.3 Å². The third-order valence-electron chi connectivity index (χ3n) is 2.47. The molecule has 0 amide bonds. The van der Waals surface area contributed by atoms with Gasteiger partial charge in [-0.05, 0) is 19.8 Å². The predicted octanol–water partition coefficient (Wildman–Crippen LogP) is 1.50. The van der Waals surface area contributed by atoms with Gasteiger partial charge in [0.05, 0.1) is 11.5 Å². The summed E-state index contributed by atoms with van der Waals surface area (Å²) in [5, 5.41) is 18.4. The number of carboxylic acids is 1. The maximum absolute atomic E-state index is 10.7. The lowest BCUT2D eigenvalue weighted by Gasteiger charge is -2.30. The second-order valence-electron chi connectivity index (χ2n) is 3.86. The van der Waals surface area contributed by atoms with Gasteiger partial charge in [-0.1, -0.05) is 20.3 Å². The minimum absolute atomic E-state index is 0.0242. The molecule has 0 aliphatic heterocycles. The van der Waals surface area contributed by atoms with Crippen LogP contribution in [0.25, 0.3) is 0 Å². The van der Waals surface area contributed by atoms with Crippen LogP contribution < -0.4 is 0 Å². The van der Waals surface area contributed by atoms with Crippen LogP contribution in [0.1, 0.15) is 34.1 Å². The Balaban J connectivity index is 4.44. The molecule has 0 aromatic rings. The molecule has 3 heteroatoms. The Bertz CT molecular complexity index is 163. The van der Waals surface area contributed by atoms with Crippen molar-refractivity contribution in [3.8, 4) is 0 Å². The van der Waals surface area contributed by atoms with Crippen molar-refractivity contribution >= 4 is 5.97 Å². The van der Waals surface area contributed by atoms with Crippen LogP contribution in [-0.2, 0) is 4.79 Å². The summed E-state index contributed by atoms with van der Waals surface area (Å²) in [5.74, 6) is -0.925. The summed E-state index contributed by atoms with van der Waals surface area (Å²) in [6, 6.07) is 0. The molecule has 0 heterocycles. The molecule has 0 fully saturated rings. The minimum atomic E-state index is -1.05. The lowest BCUT2D eigenvalue weighted by Crippen LogP contribution is -2.40. The molecular formula is C9H18O3. The Kier molecular flexibility index (Phi) is 3.71. The van der Waals surface area contributed by atoms with E-state index in [-0.39, 0.29) is 5.92 Å². The highest BCUT2D eigenvalue weighted by Gasteiger charge is 2.38. The first kappa shape index (κ1) is 11.4. The van der Waals surface area contributed by atoms with Gasteiger partial charge < -0.3 is 10.2 Å². The van der Waals surface area contributed by atoms with Crippen molar-refractivity contribution in [1.82, 2.24) is 0 Å². The summed E-state index contributed by atoms with van der Waals surface area (Å²) in [6.07, 6.45) is 0.0118. The van der Waals surface area contributed by atoms with Gasteiger partial charge >= 0.3 is 5.97 Å². The highest BCUT2D eigenvalue weighted by molar-refractivity contribution is 5.74. The quantitative estimate of drug-likeness (QED) is 0.679. The molecule has 0 aliphatic carbocycles. The van der Waals surface area contributed by atoms with Crippen molar-refractivity contribution in [3.63, 3.8) is 0 Å². The topological polar surface area (TPSA) is 57.5 Å². The van der Waals surface area contributed by atoms with Gasteiger partial charge in [-0.25, -0.2) is 0 Å². The average Bonchev–Trinajstić information content (AvgIpc) is 2.01. The van der Waals surface area contributed by atoms with Gasteiger partial charge in [0.1, 0.15) is 0 Å². The third-order valence-corrected chi connectivity index (χ3v) is 2.47. The van der Waals surface area contributed by atoms with Crippen LogP contribution in [0.4, 0.5) is 0 Å². The lowest BCUT2D eigenvalue weighted by atomic mass is 9.79. The highest BCUT2D eigenvalue weighted by atomic mass is 16.4. The number of rotatable bonds is 4. The van der Waals surface area contributed by atoms with Gasteiger partial charge in [0.15, 0.2) is 0 Å². The smallest absolute Gasteiger partial charge is 0.311 e. The van der Waals surface area contributed by atoms with Gasteiger partial charge in [0.2, 0.25) is 0 Å². The second-order valence-corrected chi connectivity index (χ2v) is 3.86. The van der Waals surface area contributed by atoms with E-state index >= 15 is 0 Å². The number of hydrogen-bond donors (Lipinski definition) is 2. The van der Waals surface area contributed by atoms with Crippen LogP contribution in [0.2, 0.25) is 0 Å². The molecule has 0 bridgehead atoms. The number of hydrogen-bond acceptors (Lipinski definition) is 2. The maximum atomic E-state index is 10.7. The Morgan fingerprint density at radius 2 is 1.92 bits per heavy atom. The fourth-order valence-electron chi connectivity index (χ4n) is 1.06. The molecule has 12 heavy (non-hydrogen) atoms. The first-order chi connectivity index (χ1) is 5.34. The summed E-state index contributed by atoms with van der Waals surface area (Å²) in [5.41, 5.74) is -1.05. The Morgan fingerprint density at radius 1 is 1.50 bits per heavy atom. The van der Waals surface area contributed by atoms with Crippen LogP contribution >= 0.6 is 0 Å². The average molecular weight is 174 g/mol. The molecule has 0 rings (SSSR count). The molecule has 0 aromatic carbocycles. The molecule has 0 saturated heterocycles. The van der Waals surface area contributed by atoms with Gasteiger partial charge in [0, 0.05) is 0 Å². The molecule has 2 atom stereocenters. The maximum Gasteiger partial charge on any atom is 0.311 e. The fraction of sp³-hybridized carbons (Fsp3) is 0.889. The molecule has 3 nitrogen and oxygen atoms in total. The van der Waals surface area contributed by atoms with Crippen LogP contribution in [0.3, 0.4) is 0 Å². The predicted molar refractivity (Wildman–Crippen MR) is 46.9 cm³/mol. The molecule has 72 valence electrons. The summed E-state index contributed by atoms with van der Waals surface area (Å²) < 4.78 is 0. The van der Waals surface area contributed by atoms with E-state index in [1.54, 1.807) is 13.8 Å². The van der Waals surface area contributed by atoms with E-state index in [1.807, 2.05) is 13.8 Å². The standard InChI is InChI=1S/C9H18O3/c1-5-6(2)7(10)9(3,4)8(11)12/h6-7,10H,5H2,1-4H3,(H,11,12). The SMILES string of the molecule is CCC(C)C(O)C(C)(C)C(=O)O. The zero-order valence-corrected chi connectivity index (χ0v) is 8.16. The monoisotopic (exact) mass is 174 g/mol. The molecule has 0 spiro atoms. The summed E-state index contributed by atoms with van der Waals surface area (Å²) in [6.45, 7) is 6.89. The molecule has 0 aliphatic rings. The first-order valence-electron chi connectivity index (χ1n) is 4.25. The van der Waals surface area contributed by atoms with E-state index in [0.29, 0.717) is 0 Å². The minimum Gasteiger partial charge on any atom is -0.481 e. The van der Waals surface area contributed by atoms with Crippen molar-refractivity contribution in [2.24, 2.45) is 11.3 Å². The number of carboxylic acid groups (broad SMARTS) is 1. The van der Waals surface area contributed by atoms with E-state index in [1.165, 1.54) is 0 Å². The van der Waals surface area contributed by atoms with Gasteiger partial charge in [-0.3, -0.25) is 4.79 Å². The Hall–Kier alpha value is -0.570. The molecule has 2 N–H and O–H groups in total. The van der Waals surface area contributed by atoms with Gasteiger partial charge in [0.25, 0.3) is 0 Å². The lowest BCUT2D eigenvalue weighted by molar-refractivity contribution is -0.155. The van der Waals surface area contributed by atoms with E-state index in [4.69, 9.17) is 5.11 Å². The van der Waals surface area contributed by atoms with E-state index in [2.05, 4.69) is 0 Å². The fourth-order valence-corrected chi connectivity index (χ4v) is 1.06. The van der Waals surface area contributed by atoms with Crippen molar-refractivity contribution in [2.75, 3.05) is 0 Å². The molecular weight excluding hydrogens is 156 g/mol. The van der Waals surface area contributed by atoms with Crippen molar-refractivity contribution in [1.29, 1.82) is 0 Å². The number of carbonyl (C=O) groups is 1. The van der Waals surface area contributed by atoms with Crippen LogP contribution in [-0.4, -0.2) is 22.3 Å². The highest BCUT2D eigenvalue weighted by Crippen LogP contribution is 2.27. The van der Waals surface area contributed by atoms with E-state index in [9.17, 15) is 9.90 Å². The molecule has 0 aromatic heterocycles. The summed E-state index contributed by atoms with van der Waals surface area (Å²) in [4.78, 5) is 10.7. The molecule has 2 unspecified atom stereocenters. The third kappa shape index (κ3) is 2.21. The van der Waals surface area contributed by atoms with Crippen molar-refractivity contribution in [2.45, 2.75) is 40.2 Å². The molecule has 0 radical (unpaired) electrons. The second kappa shape index (κ2) is 3.90. The Labute approximate surface area is 73.4 Å². The zero-order chi connectivity index (χ0) is 9.94. The Morgan fingerprint density at radius 3 is 2.17 bits per heavy atom. The van der Waals surface area contributed by atoms with Gasteiger partial charge in [-0.15, -0.1) is 0 Å². The van der Waals surface area contributed by atoms with Gasteiger partial charge in [-0.2, -0.15) is 0 Å². The van der Waals surface area contributed by atoms with Crippen molar-refractivity contribution in [3.05, 3.63) is 0 Å². The van der Waals surface area contributed by atoms with E-state index < -0.39 is 17.5 Å².